The largest absolute Gasteiger partial charge is 0.342 e. The number of likely N-dealkylation sites (tertiary alicyclic amines) is 1. The number of benzene rings is 1. The van der Waals surface area contributed by atoms with Crippen LogP contribution in [0.1, 0.15) is 50.2 Å². The highest BCUT2D eigenvalue weighted by Gasteiger charge is 2.24. The lowest BCUT2D eigenvalue weighted by molar-refractivity contribution is -0.134. The van der Waals surface area contributed by atoms with E-state index in [2.05, 4.69) is 43.0 Å². The van der Waals surface area contributed by atoms with Gasteiger partial charge in [-0.05, 0) is 42.4 Å². The SMILES string of the molecule is CC(C)c1ccc(/C=C/C(=O)N2CCN(CC(=O)N3CCCCC3)CC2)cc1. The Balaban J connectivity index is 1.43. The Morgan fingerprint density at radius 1 is 0.893 bits per heavy atom. The predicted octanol–water partition coefficient (Wildman–Crippen LogP) is 2.98. The van der Waals surface area contributed by atoms with Crippen molar-refractivity contribution in [2.75, 3.05) is 45.8 Å². The van der Waals surface area contributed by atoms with Gasteiger partial charge < -0.3 is 9.80 Å². The smallest absolute Gasteiger partial charge is 0.246 e. The molecule has 1 aromatic rings. The first-order valence-electron chi connectivity index (χ1n) is 10.6. The van der Waals surface area contributed by atoms with Crippen molar-refractivity contribution in [1.82, 2.24) is 14.7 Å². The molecule has 2 amide bonds. The summed E-state index contributed by atoms with van der Waals surface area (Å²) in [4.78, 5) is 30.9. The molecule has 3 rings (SSSR count). The van der Waals surface area contributed by atoms with Crippen molar-refractivity contribution >= 4 is 17.9 Å². The van der Waals surface area contributed by atoms with Crippen molar-refractivity contribution in [3.8, 4) is 0 Å². The molecule has 0 saturated carbocycles. The van der Waals surface area contributed by atoms with E-state index in [4.69, 9.17) is 0 Å². The monoisotopic (exact) mass is 383 g/mol. The summed E-state index contributed by atoms with van der Waals surface area (Å²) in [7, 11) is 0. The molecule has 2 aliphatic heterocycles. The van der Waals surface area contributed by atoms with Crippen molar-refractivity contribution in [3.63, 3.8) is 0 Å². The summed E-state index contributed by atoms with van der Waals surface area (Å²) in [6.45, 7) is 9.54. The zero-order valence-electron chi connectivity index (χ0n) is 17.3. The Hall–Kier alpha value is -2.14. The van der Waals surface area contributed by atoms with Gasteiger partial charge >= 0.3 is 0 Å². The van der Waals surface area contributed by atoms with Gasteiger partial charge in [0.15, 0.2) is 0 Å². The Morgan fingerprint density at radius 3 is 2.14 bits per heavy atom. The van der Waals surface area contributed by atoms with E-state index in [1.54, 1.807) is 6.08 Å². The number of amides is 2. The second kappa shape index (κ2) is 9.87. The van der Waals surface area contributed by atoms with E-state index in [1.165, 1.54) is 12.0 Å². The molecular formula is C23H33N3O2. The predicted molar refractivity (Wildman–Crippen MR) is 113 cm³/mol. The van der Waals surface area contributed by atoms with Crippen molar-refractivity contribution in [2.45, 2.75) is 39.0 Å². The van der Waals surface area contributed by atoms with Crippen LogP contribution < -0.4 is 0 Å². The van der Waals surface area contributed by atoms with Crippen molar-refractivity contribution in [3.05, 3.63) is 41.5 Å². The number of hydrogen-bond acceptors (Lipinski definition) is 3. The molecule has 1 aromatic carbocycles. The Bertz CT molecular complexity index is 682. The minimum Gasteiger partial charge on any atom is -0.342 e. The Kier molecular flexibility index (Phi) is 7.26. The third-order valence-corrected chi connectivity index (χ3v) is 5.77. The summed E-state index contributed by atoms with van der Waals surface area (Å²) in [6, 6.07) is 8.35. The molecule has 0 radical (unpaired) electrons. The standard InChI is InChI=1S/C23H33N3O2/c1-19(2)21-9-6-20(7-10-21)8-11-22(27)26-16-14-24(15-17-26)18-23(28)25-12-4-3-5-13-25/h6-11,19H,3-5,12-18H2,1-2H3/b11-8+. The molecule has 2 fully saturated rings. The number of piperazine rings is 1. The van der Waals surface area contributed by atoms with Gasteiger partial charge in [-0.15, -0.1) is 0 Å². The first-order chi connectivity index (χ1) is 13.5. The van der Waals surface area contributed by atoms with Gasteiger partial charge in [-0.25, -0.2) is 0 Å². The number of carbonyl (C=O) groups is 2. The highest BCUT2D eigenvalue weighted by Crippen LogP contribution is 2.15. The average molecular weight is 384 g/mol. The lowest BCUT2D eigenvalue weighted by Gasteiger charge is -2.35. The van der Waals surface area contributed by atoms with E-state index in [-0.39, 0.29) is 11.8 Å². The number of piperidine rings is 1. The summed E-state index contributed by atoms with van der Waals surface area (Å²) in [5.74, 6) is 0.803. The molecular weight excluding hydrogens is 350 g/mol. The van der Waals surface area contributed by atoms with Crippen LogP contribution in [0.5, 0.6) is 0 Å². The second-order valence-corrected chi connectivity index (χ2v) is 8.20. The van der Waals surface area contributed by atoms with Crippen molar-refractivity contribution < 1.29 is 9.59 Å². The molecule has 5 heteroatoms. The number of nitrogens with zero attached hydrogens (tertiary/aromatic N) is 3. The molecule has 0 atom stereocenters. The highest BCUT2D eigenvalue weighted by atomic mass is 16.2. The maximum absolute atomic E-state index is 12.5. The maximum Gasteiger partial charge on any atom is 0.246 e. The molecule has 28 heavy (non-hydrogen) atoms. The molecule has 2 heterocycles. The normalized spacial score (nSPS) is 18.8. The van der Waals surface area contributed by atoms with Crippen LogP contribution >= 0.6 is 0 Å². The van der Waals surface area contributed by atoms with Crippen LogP contribution in [0, 0.1) is 0 Å². The molecule has 0 unspecified atom stereocenters. The fourth-order valence-electron chi connectivity index (χ4n) is 3.83. The van der Waals surface area contributed by atoms with E-state index in [1.807, 2.05) is 15.9 Å². The lowest BCUT2D eigenvalue weighted by Crippen LogP contribution is -2.51. The average Bonchev–Trinajstić information content (AvgIpc) is 2.73. The van der Waals surface area contributed by atoms with Crippen LogP contribution in [0.3, 0.4) is 0 Å². The van der Waals surface area contributed by atoms with Crippen LogP contribution in [0.15, 0.2) is 30.3 Å². The molecule has 0 spiro atoms. The van der Waals surface area contributed by atoms with Gasteiger partial charge in [0.25, 0.3) is 0 Å². The minimum atomic E-state index is 0.0509. The molecule has 0 aromatic heterocycles. The van der Waals surface area contributed by atoms with Gasteiger partial charge in [0.1, 0.15) is 0 Å². The van der Waals surface area contributed by atoms with E-state index in [9.17, 15) is 9.59 Å². The van der Waals surface area contributed by atoms with E-state index < -0.39 is 0 Å². The topological polar surface area (TPSA) is 43.9 Å². The van der Waals surface area contributed by atoms with Crippen LogP contribution in [0.2, 0.25) is 0 Å². The number of carbonyl (C=O) groups excluding carboxylic acids is 2. The summed E-state index contributed by atoms with van der Waals surface area (Å²) >= 11 is 0. The van der Waals surface area contributed by atoms with Gasteiger partial charge in [-0.2, -0.15) is 0 Å². The van der Waals surface area contributed by atoms with Crippen LogP contribution in [-0.2, 0) is 9.59 Å². The third-order valence-electron chi connectivity index (χ3n) is 5.77. The van der Waals surface area contributed by atoms with Crippen LogP contribution in [0.25, 0.3) is 6.08 Å². The molecule has 5 nitrogen and oxygen atoms in total. The lowest BCUT2D eigenvalue weighted by atomic mass is 10.0. The van der Waals surface area contributed by atoms with Gasteiger partial charge in [0.2, 0.25) is 11.8 Å². The minimum absolute atomic E-state index is 0.0509. The molecule has 2 saturated heterocycles. The Labute approximate surface area is 169 Å². The fraction of sp³-hybridized carbons (Fsp3) is 0.565. The summed E-state index contributed by atoms with van der Waals surface area (Å²) in [6.07, 6.45) is 7.04. The third kappa shape index (κ3) is 5.68. The quantitative estimate of drug-likeness (QED) is 0.734. The zero-order valence-corrected chi connectivity index (χ0v) is 17.3. The Morgan fingerprint density at radius 2 is 1.54 bits per heavy atom. The first kappa shape index (κ1) is 20.6. The fourth-order valence-corrected chi connectivity index (χ4v) is 3.83. The number of rotatable bonds is 5. The summed E-state index contributed by atoms with van der Waals surface area (Å²) in [5.41, 5.74) is 2.35. The van der Waals surface area contributed by atoms with Crippen molar-refractivity contribution in [1.29, 1.82) is 0 Å². The van der Waals surface area contributed by atoms with Gasteiger partial charge in [-0.1, -0.05) is 38.1 Å². The van der Waals surface area contributed by atoms with Crippen LogP contribution in [-0.4, -0.2) is 72.3 Å². The molecule has 0 aliphatic carbocycles. The summed E-state index contributed by atoms with van der Waals surface area (Å²) in [5, 5.41) is 0. The second-order valence-electron chi connectivity index (χ2n) is 8.20. The highest BCUT2D eigenvalue weighted by molar-refractivity contribution is 5.91. The van der Waals surface area contributed by atoms with E-state index in [0.717, 1.165) is 44.6 Å². The van der Waals surface area contributed by atoms with Crippen molar-refractivity contribution in [2.24, 2.45) is 0 Å². The van der Waals surface area contributed by atoms with Gasteiger partial charge in [-0.3, -0.25) is 14.5 Å². The van der Waals surface area contributed by atoms with Gasteiger partial charge in [0, 0.05) is 45.3 Å². The van der Waals surface area contributed by atoms with Gasteiger partial charge in [0.05, 0.1) is 6.54 Å². The zero-order chi connectivity index (χ0) is 19.9. The van der Waals surface area contributed by atoms with E-state index in [0.29, 0.717) is 25.6 Å². The first-order valence-corrected chi connectivity index (χ1v) is 10.6. The summed E-state index contributed by atoms with van der Waals surface area (Å²) < 4.78 is 0. The molecule has 2 aliphatic rings. The van der Waals surface area contributed by atoms with E-state index >= 15 is 0 Å². The number of hydrogen-bond donors (Lipinski definition) is 0. The van der Waals surface area contributed by atoms with Crippen LogP contribution in [0.4, 0.5) is 0 Å². The maximum atomic E-state index is 12.5. The molecule has 0 N–H and O–H groups in total. The molecule has 152 valence electrons. The molecule has 0 bridgehead atoms.